The number of imidazole rings is 2. The lowest BCUT2D eigenvalue weighted by molar-refractivity contribution is -0.107. The summed E-state index contributed by atoms with van der Waals surface area (Å²) in [6, 6.07) is 93.2. The van der Waals surface area contributed by atoms with Crippen molar-refractivity contribution in [2.24, 2.45) is 5.73 Å². The van der Waals surface area contributed by atoms with Gasteiger partial charge in [-0.05, 0) is 57.6 Å². The lowest BCUT2D eigenvalue weighted by Crippen LogP contribution is -2.39. The van der Waals surface area contributed by atoms with E-state index >= 15 is 0 Å². The molecule has 107 heavy (non-hydrogen) atoms. The predicted octanol–water partition coefficient (Wildman–Crippen LogP) is 16.4. The van der Waals surface area contributed by atoms with Crippen LogP contribution in [-0.4, -0.2) is 74.9 Å². The average molecular weight is 1420 g/mol. The van der Waals surface area contributed by atoms with Gasteiger partial charge in [0.1, 0.15) is 40.6 Å². The van der Waals surface area contributed by atoms with E-state index in [1.54, 1.807) is 49.1 Å². The summed E-state index contributed by atoms with van der Waals surface area (Å²) in [4.78, 5) is 47.8. The third-order valence-corrected chi connectivity index (χ3v) is 18.5. The molecule has 0 aliphatic heterocycles. The number of halogens is 2. The van der Waals surface area contributed by atoms with Gasteiger partial charge in [-0.2, -0.15) is 0 Å². The fourth-order valence-electron chi connectivity index (χ4n) is 13.6. The Bertz CT molecular complexity index is 5310. The number of hydrogen-bond donors (Lipinski definition) is 4. The number of nitrogens with two attached hydrogens (primary N) is 1. The molecule has 0 spiro atoms. The number of anilines is 2. The summed E-state index contributed by atoms with van der Waals surface area (Å²) in [5.41, 5.74) is 17.8. The van der Waals surface area contributed by atoms with E-state index in [0.717, 1.165) is 73.8 Å². The second kappa shape index (κ2) is 33.9. The molecule has 0 aliphatic carbocycles. The smallest absolute Gasteiger partial charge is 0.196 e. The highest BCUT2D eigenvalue weighted by atomic mass is 19.1. The van der Waals surface area contributed by atoms with Crippen LogP contribution >= 0.6 is 0 Å². The molecule has 0 atom stereocenters. The predicted molar refractivity (Wildman–Crippen MR) is 414 cm³/mol. The van der Waals surface area contributed by atoms with Crippen LogP contribution in [0.1, 0.15) is 68.2 Å². The first-order valence-electron chi connectivity index (χ1n) is 35.4. The quantitative estimate of drug-likeness (QED) is 0.0225. The van der Waals surface area contributed by atoms with Crippen molar-refractivity contribution >= 4 is 40.1 Å². The minimum absolute atomic E-state index is 0.185. The van der Waals surface area contributed by atoms with E-state index < -0.39 is 11.1 Å². The lowest BCUT2D eigenvalue weighted by atomic mass is 9.76. The maximum absolute atomic E-state index is 14.1. The van der Waals surface area contributed by atoms with Gasteiger partial charge >= 0.3 is 0 Å². The highest BCUT2D eigenvalue weighted by Gasteiger charge is 2.42. The highest BCUT2D eigenvalue weighted by Crippen LogP contribution is 2.45. The van der Waals surface area contributed by atoms with Gasteiger partial charge in [-0.25, -0.2) is 38.7 Å². The zero-order valence-corrected chi connectivity index (χ0v) is 58.5. The Hall–Kier alpha value is -13.2. The number of nitrogens with one attached hydrogen (secondary N) is 3. The van der Waals surface area contributed by atoms with Crippen LogP contribution in [0.4, 0.5) is 20.4 Å². The van der Waals surface area contributed by atoms with E-state index in [4.69, 9.17) is 29.5 Å². The summed E-state index contributed by atoms with van der Waals surface area (Å²) in [6.45, 7) is 2.20. The van der Waals surface area contributed by atoms with Gasteiger partial charge in [-0.15, -0.1) is 0 Å². The normalized spacial score (nSPS) is 11.4. The molecule has 0 aliphatic rings. The molecule has 19 heteroatoms. The van der Waals surface area contributed by atoms with Crippen LogP contribution in [0.25, 0.3) is 44.7 Å². The summed E-state index contributed by atoms with van der Waals surface area (Å²) in [6.07, 6.45) is 13.6. The molecular formula is C88H76F2N14O3. The molecule has 8 aromatic carbocycles. The fraction of sp³-hybridized carbons (Fsp3) is 0.125. The van der Waals surface area contributed by atoms with E-state index in [2.05, 4.69) is 250 Å². The first-order valence-corrected chi connectivity index (χ1v) is 35.4. The molecule has 17 nitrogen and oxygen atoms in total. The fourth-order valence-corrected chi connectivity index (χ4v) is 13.6. The number of aromatic nitrogens is 10. The molecular weight excluding hydrogens is 1340 g/mol. The van der Waals surface area contributed by atoms with Crippen molar-refractivity contribution in [1.82, 2.24) is 54.3 Å². The Balaban J connectivity index is 0.000000150. The van der Waals surface area contributed by atoms with Crippen LogP contribution in [0.5, 0.6) is 0 Å². The van der Waals surface area contributed by atoms with Crippen LogP contribution in [0, 0.1) is 11.6 Å². The van der Waals surface area contributed by atoms with Crippen LogP contribution in [0.15, 0.2) is 325 Å². The summed E-state index contributed by atoms with van der Waals surface area (Å²) >= 11 is 0. The standard InChI is InChI=1S/C44H38FN7O.C30H24N2O.C14H14FN5O/c45-36-22-13-26-47-37(36)30-49-43-42-39(23-29-48-43)53-41(51-42)25-28-46-27-24-40-50-38(32-14-5-1-6-15-32)31-52(40)44(33-16-7-2-8-17-33,34-18-9-3-10-19-34)35-20-11-4-12-21-35;33-22-21-29-31-28(24-13-5-1-6-14-24)23-32(29)30(25-15-7-2-8-16-25,26-17-9-3-10-18-26)27-19-11-4-12-20-27;15-9-2-1-6-17-10(9)8-19-14-13-11(4-7-18-14)21-12(20-13)3-5-16/h1-23,26,29,31,46H,24-25,27-28,30H2,(H,48,49);1-20,22-23H,21H2;1-2,4,6-7H,3,5,8,16H2,(H,18,19). The van der Waals surface area contributed by atoms with Crippen LogP contribution < -0.4 is 21.7 Å². The molecule has 16 aromatic rings. The molecule has 0 bridgehead atoms. The van der Waals surface area contributed by atoms with Gasteiger partial charge in [-0.1, -0.05) is 243 Å². The Morgan fingerprint density at radius 3 is 1.12 bits per heavy atom. The zero-order chi connectivity index (χ0) is 73.0. The van der Waals surface area contributed by atoms with Crippen LogP contribution in [0.3, 0.4) is 0 Å². The maximum atomic E-state index is 14.1. The van der Waals surface area contributed by atoms with Gasteiger partial charge in [0, 0.05) is 99.3 Å². The molecule has 0 saturated heterocycles. The van der Waals surface area contributed by atoms with E-state index in [1.807, 2.05) is 54.6 Å². The first-order chi connectivity index (χ1) is 52.8. The number of fused-ring (bicyclic) bond motifs is 2. The summed E-state index contributed by atoms with van der Waals surface area (Å²) < 4.78 is 43.9. The SMILES string of the molecule is Fc1cccnc1CNc1nccc2oc(CCNCCc3nc(-c4ccccc4)cn3C(c3ccccc3)(c3ccccc3)c3ccccc3)nc12.NCCc1nc2c(NCc3ncccc3F)nccc2o1.O=CCc1nc(-c2ccccc2)cn1C(c1ccccc1)(c1ccccc1)c1ccccc1. The number of rotatable bonds is 26. The molecule has 0 amide bonds. The molecule has 0 fully saturated rings. The van der Waals surface area contributed by atoms with E-state index in [0.29, 0.717) is 95.9 Å². The van der Waals surface area contributed by atoms with Gasteiger partial charge < -0.3 is 44.4 Å². The monoisotopic (exact) mass is 1410 g/mol. The third kappa shape index (κ3) is 15.7. The largest absolute Gasteiger partial charge is 0.440 e. The molecule has 530 valence electrons. The minimum atomic E-state index is -0.692. The van der Waals surface area contributed by atoms with Crippen molar-refractivity contribution in [3.63, 3.8) is 0 Å². The van der Waals surface area contributed by atoms with E-state index in [1.165, 1.54) is 12.1 Å². The molecule has 0 radical (unpaired) electrons. The van der Waals surface area contributed by atoms with Crippen molar-refractivity contribution in [2.75, 3.05) is 30.3 Å². The Morgan fingerprint density at radius 2 is 0.748 bits per heavy atom. The van der Waals surface area contributed by atoms with Crippen molar-refractivity contribution < 1.29 is 22.4 Å². The van der Waals surface area contributed by atoms with Gasteiger partial charge in [-0.3, -0.25) is 9.97 Å². The van der Waals surface area contributed by atoms with E-state index in [-0.39, 0.29) is 31.1 Å². The van der Waals surface area contributed by atoms with E-state index in [9.17, 15) is 13.6 Å². The number of carbonyl (C=O) groups excluding carboxylic acids is 1. The number of pyridine rings is 4. The average Bonchev–Trinajstić information content (AvgIpc) is 1.69. The Kier molecular flexibility index (Phi) is 22.4. The molecule has 0 saturated carbocycles. The van der Waals surface area contributed by atoms with Gasteiger partial charge in [0.2, 0.25) is 0 Å². The number of nitrogens with zero attached hydrogens (tertiary/aromatic N) is 10. The second-order valence-corrected chi connectivity index (χ2v) is 25.1. The molecule has 5 N–H and O–H groups in total. The van der Waals surface area contributed by atoms with Gasteiger partial charge in [0.15, 0.2) is 45.6 Å². The summed E-state index contributed by atoms with van der Waals surface area (Å²) in [5, 5.41) is 9.80. The number of benzene rings is 8. The Morgan fingerprint density at radius 1 is 0.393 bits per heavy atom. The maximum Gasteiger partial charge on any atom is 0.196 e. The highest BCUT2D eigenvalue weighted by molar-refractivity contribution is 5.85. The summed E-state index contributed by atoms with van der Waals surface area (Å²) in [5.74, 6) is 3.16. The Labute approximate surface area is 618 Å². The lowest BCUT2D eigenvalue weighted by Gasteiger charge is -2.38. The second-order valence-electron chi connectivity index (χ2n) is 25.1. The number of carbonyl (C=O) groups is 1. The van der Waals surface area contributed by atoms with Crippen molar-refractivity contribution in [3.8, 4) is 22.5 Å². The number of aldehydes is 1. The molecule has 8 heterocycles. The minimum Gasteiger partial charge on any atom is -0.440 e. The number of oxazole rings is 2. The molecule has 16 rings (SSSR count). The molecule has 0 unspecified atom stereocenters. The zero-order valence-electron chi connectivity index (χ0n) is 58.5. The summed E-state index contributed by atoms with van der Waals surface area (Å²) in [7, 11) is 0. The third-order valence-electron chi connectivity index (χ3n) is 18.5. The van der Waals surface area contributed by atoms with Crippen LogP contribution in [-0.2, 0) is 54.6 Å². The molecule has 8 aromatic heterocycles. The van der Waals surface area contributed by atoms with Gasteiger partial charge in [0.05, 0.1) is 42.3 Å². The van der Waals surface area contributed by atoms with Crippen molar-refractivity contribution in [3.05, 3.63) is 396 Å². The van der Waals surface area contributed by atoms with Crippen molar-refractivity contribution in [1.29, 1.82) is 0 Å². The van der Waals surface area contributed by atoms with Crippen LogP contribution in [0.2, 0.25) is 0 Å². The number of hydrogen-bond acceptors (Lipinski definition) is 15. The first kappa shape index (κ1) is 70.8. The van der Waals surface area contributed by atoms with Crippen molar-refractivity contribution in [2.45, 2.75) is 49.9 Å². The van der Waals surface area contributed by atoms with Gasteiger partial charge in [0.25, 0.3) is 0 Å². The topological polar surface area (TPSA) is 218 Å².